The van der Waals surface area contributed by atoms with Gasteiger partial charge in [-0.05, 0) is 38.2 Å². The van der Waals surface area contributed by atoms with E-state index >= 15 is 0 Å². The van der Waals surface area contributed by atoms with Gasteiger partial charge in [0, 0.05) is 16.5 Å². The molecule has 3 nitrogen and oxygen atoms in total. The first-order chi connectivity index (χ1) is 8.29. The zero-order valence-electron chi connectivity index (χ0n) is 9.74. The number of nitrogens with one attached hydrogen (secondary N) is 1. The highest BCUT2D eigenvalue weighted by Crippen LogP contribution is 2.22. The molecule has 1 aromatic carbocycles. The summed E-state index contributed by atoms with van der Waals surface area (Å²) in [5.41, 5.74) is 0.999. The number of hydrogen-bond donors (Lipinski definition) is 1. The predicted molar refractivity (Wildman–Crippen MR) is 71.9 cm³/mol. The molecule has 1 heterocycles. The summed E-state index contributed by atoms with van der Waals surface area (Å²) in [4.78, 5) is 4.30. The monoisotopic (exact) mass is 294 g/mol. The van der Waals surface area contributed by atoms with Gasteiger partial charge in [0.15, 0.2) is 0 Å². The summed E-state index contributed by atoms with van der Waals surface area (Å²) in [6, 6.07) is 7.96. The van der Waals surface area contributed by atoms with Crippen LogP contribution < -0.4 is 5.32 Å². The largest absolute Gasteiger partial charge is 0.441 e. The van der Waals surface area contributed by atoms with E-state index in [1.54, 1.807) is 0 Å². The second-order valence-electron chi connectivity index (χ2n) is 3.85. The quantitative estimate of drug-likeness (QED) is 0.860. The number of hydrogen-bond acceptors (Lipinski definition) is 3. The third-order valence-electron chi connectivity index (χ3n) is 2.48. The van der Waals surface area contributed by atoms with E-state index in [0.29, 0.717) is 5.89 Å². The molecular weight excluding hydrogens is 280 g/mol. The maximum atomic E-state index is 5.71. The van der Waals surface area contributed by atoms with Gasteiger partial charge >= 0.3 is 0 Å². The molecular formula is C13H15BrN2O. The van der Waals surface area contributed by atoms with Crippen LogP contribution in [0.3, 0.4) is 0 Å². The van der Waals surface area contributed by atoms with Crippen molar-refractivity contribution in [2.75, 3.05) is 13.6 Å². The maximum absolute atomic E-state index is 5.71. The number of oxazole rings is 1. The molecule has 0 radical (unpaired) electrons. The topological polar surface area (TPSA) is 38.1 Å². The van der Waals surface area contributed by atoms with Gasteiger partial charge in [-0.15, -0.1) is 0 Å². The van der Waals surface area contributed by atoms with E-state index in [0.717, 1.165) is 35.2 Å². The molecule has 90 valence electrons. The van der Waals surface area contributed by atoms with Crippen molar-refractivity contribution in [1.29, 1.82) is 0 Å². The minimum atomic E-state index is 0.686. The van der Waals surface area contributed by atoms with Gasteiger partial charge in [-0.1, -0.05) is 22.0 Å². The molecule has 4 heteroatoms. The van der Waals surface area contributed by atoms with Crippen LogP contribution in [-0.4, -0.2) is 18.6 Å². The molecule has 0 unspecified atom stereocenters. The molecule has 0 saturated carbocycles. The summed E-state index contributed by atoms with van der Waals surface area (Å²) in [7, 11) is 1.95. The molecule has 2 aromatic rings. The number of aryl methyl sites for hydroxylation is 1. The Morgan fingerprint density at radius 2 is 2.29 bits per heavy atom. The number of nitrogens with zero attached hydrogens (tertiary/aromatic N) is 1. The standard InChI is InChI=1S/C13H15BrN2O/c1-15-7-3-6-12-9-16-13(17-12)10-4-2-5-11(14)8-10/h2,4-5,8-9,15H,3,6-7H2,1H3. The third kappa shape index (κ3) is 3.41. The maximum Gasteiger partial charge on any atom is 0.226 e. The molecule has 1 N–H and O–H groups in total. The molecule has 0 bridgehead atoms. The Bertz CT molecular complexity index is 482. The lowest BCUT2D eigenvalue weighted by Crippen LogP contribution is -2.08. The number of benzene rings is 1. The van der Waals surface area contributed by atoms with Gasteiger partial charge in [-0.2, -0.15) is 0 Å². The van der Waals surface area contributed by atoms with Crippen molar-refractivity contribution in [3.8, 4) is 11.5 Å². The van der Waals surface area contributed by atoms with Gasteiger partial charge in [0.25, 0.3) is 0 Å². The fourth-order valence-corrected chi connectivity index (χ4v) is 2.02. The first-order valence-corrected chi connectivity index (χ1v) is 6.44. The SMILES string of the molecule is CNCCCc1cnc(-c2cccc(Br)c2)o1. The number of aromatic nitrogens is 1. The first kappa shape index (κ1) is 12.3. The fourth-order valence-electron chi connectivity index (χ4n) is 1.62. The Morgan fingerprint density at radius 3 is 3.06 bits per heavy atom. The van der Waals surface area contributed by atoms with Crippen LogP contribution in [0.5, 0.6) is 0 Å². The minimum Gasteiger partial charge on any atom is -0.441 e. The number of halogens is 1. The first-order valence-electron chi connectivity index (χ1n) is 5.65. The van der Waals surface area contributed by atoms with Crippen LogP contribution in [0.2, 0.25) is 0 Å². The lowest BCUT2D eigenvalue weighted by Gasteiger charge is -1.97. The molecule has 0 spiro atoms. The highest BCUT2D eigenvalue weighted by atomic mass is 79.9. The van der Waals surface area contributed by atoms with Gasteiger partial charge in [0.05, 0.1) is 6.20 Å². The van der Waals surface area contributed by atoms with Crippen molar-refractivity contribution >= 4 is 15.9 Å². The molecule has 1 aromatic heterocycles. The predicted octanol–water partition coefficient (Wildman–Crippen LogP) is 3.26. The Labute approximate surface area is 109 Å². The average Bonchev–Trinajstić information content (AvgIpc) is 2.78. The highest BCUT2D eigenvalue weighted by molar-refractivity contribution is 9.10. The molecule has 17 heavy (non-hydrogen) atoms. The van der Waals surface area contributed by atoms with Crippen LogP contribution in [-0.2, 0) is 6.42 Å². The Morgan fingerprint density at radius 1 is 1.41 bits per heavy atom. The molecule has 0 atom stereocenters. The molecule has 0 aliphatic carbocycles. The van der Waals surface area contributed by atoms with Crippen molar-refractivity contribution in [2.45, 2.75) is 12.8 Å². The van der Waals surface area contributed by atoms with Gasteiger partial charge in [0.1, 0.15) is 5.76 Å². The number of rotatable bonds is 5. The van der Waals surface area contributed by atoms with E-state index in [2.05, 4.69) is 26.2 Å². The van der Waals surface area contributed by atoms with E-state index in [4.69, 9.17) is 4.42 Å². The van der Waals surface area contributed by atoms with Crippen molar-refractivity contribution in [3.05, 3.63) is 40.7 Å². The van der Waals surface area contributed by atoms with Crippen LogP contribution >= 0.6 is 15.9 Å². The van der Waals surface area contributed by atoms with Crippen molar-refractivity contribution in [3.63, 3.8) is 0 Å². The Kier molecular flexibility index (Phi) is 4.34. The van der Waals surface area contributed by atoms with E-state index in [1.807, 2.05) is 37.5 Å². The minimum absolute atomic E-state index is 0.686. The van der Waals surface area contributed by atoms with Crippen molar-refractivity contribution < 1.29 is 4.42 Å². The van der Waals surface area contributed by atoms with Crippen molar-refractivity contribution in [2.24, 2.45) is 0 Å². The van der Waals surface area contributed by atoms with E-state index < -0.39 is 0 Å². The lowest BCUT2D eigenvalue weighted by atomic mass is 10.2. The smallest absolute Gasteiger partial charge is 0.226 e. The summed E-state index contributed by atoms with van der Waals surface area (Å²) in [6.07, 6.45) is 3.79. The second-order valence-corrected chi connectivity index (χ2v) is 4.76. The summed E-state index contributed by atoms with van der Waals surface area (Å²) in [5.74, 6) is 1.63. The van der Waals surface area contributed by atoms with Gasteiger partial charge in [-0.25, -0.2) is 4.98 Å². The summed E-state index contributed by atoms with van der Waals surface area (Å²) in [5, 5.41) is 3.12. The van der Waals surface area contributed by atoms with Crippen LogP contribution in [0.25, 0.3) is 11.5 Å². The van der Waals surface area contributed by atoms with E-state index in [-0.39, 0.29) is 0 Å². The molecule has 0 saturated heterocycles. The summed E-state index contributed by atoms with van der Waals surface area (Å²) in [6.45, 7) is 0.993. The summed E-state index contributed by atoms with van der Waals surface area (Å²) >= 11 is 3.44. The molecule has 0 fully saturated rings. The molecule has 0 aliphatic rings. The fraction of sp³-hybridized carbons (Fsp3) is 0.308. The van der Waals surface area contributed by atoms with E-state index in [9.17, 15) is 0 Å². The lowest BCUT2D eigenvalue weighted by molar-refractivity contribution is 0.507. The van der Waals surface area contributed by atoms with Crippen molar-refractivity contribution in [1.82, 2.24) is 10.3 Å². The van der Waals surface area contributed by atoms with Crippen LogP contribution in [0, 0.1) is 0 Å². The molecule has 0 aliphatic heterocycles. The van der Waals surface area contributed by atoms with Crippen LogP contribution in [0.1, 0.15) is 12.2 Å². The second kappa shape index (κ2) is 5.98. The zero-order chi connectivity index (χ0) is 12.1. The van der Waals surface area contributed by atoms with Crippen LogP contribution in [0.15, 0.2) is 39.4 Å². The Hall–Kier alpha value is -1.13. The molecule has 0 amide bonds. The van der Waals surface area contributed by atoms with Crippen LogP contribution in [0.4, 0.5) is 0 Å². The zero-order valence-corrected chi connectivity index (χ0v) is 11.3. The highest BCUT2D eigenvalue weighted by Gasteiger charge is 2.06. The van der Waals surface area contributed by atoms with Gasteiger partial charge < -0.3 is 9.73 Å². The normalized spacial score (nSPS) is 10.7. The van der Waals surface area contributed by atoms with Gasteiger partial charge in [-0.3, -0.25) is 0 Å². The third-order valence-corrected chi connectivity index (χ3v) is 2.97. The summed E-state index contributed by atoms with van der Waals surface area (Å²) < 4.78 is 6.74. The Balaban J connectivity index is 2.07. The van der Waals surface area contributed by atoms with E-state index in [1.165, 1.54) is 0 Å². The average molecular weight is 295 g/mol. The molecule has 2 rings (SSSR count). The van der Waals surface area contributed by atoms with Gasteiger partial charge in [0.2, 0.25) is 5.89 Å².